The van der Waals surface area contributed by atoms with Crippen LogP contribution in [0.3, 0.4) is 0 Å². The first-order valence-electron chi connectivity index (χ1n) is 15.1. The molecular formula is C33H46N4O3+2. The Balaban J connectivity index is 1.17. The fourth-order valence-corrected chi connectivity index (χ4v) is 6.51. The van der Waals surface area contributed by atoms with Crippen LogP contribution in [0.2, 0.25) is 0 Å². The van der Waals surface area contributed by atoms with Gasteiger partial charge in [-0.2, -0.15) is 0 Å². The highest BCUT2D eigenvalue weighted by Gasteiger charge is 2.31. The molecule has 0 radical (unpaired) electrons. The molecule has 1 aliphatic carbocycles. The van der Waals surface area contributed by atoms with E-state index in [2.05, 4.69) is 38.6 Å². The third-order valence-electron chi connectivity index (χ3n) is 9.79. The van der Waals surface area contributed by atoms with Gasteiger partial charge in [0.2, 0.25) is 11.8 Å². The summed E-state index contributed by atoms with van der Waals surface area (Å²) in [6, 6.07) is 11.1. The van der Waals surface area contributed by atoms with Gasteiger partial charge in [0.15, 0.2) is 5.78 Å². The van der Waals surface area contributed by atoms with E-state index in [0.29, 0.717) is 35.3 Å². The number of carbonyl (C=O) groups is 3. The molecule has 0 atom stereocenters. The molecule has 7 nitrogen and oxygen atoms in total. The summed E-state index contributed by atoms with van der Waals surface area (Å²) in [6.07, 6.45) is 5.81. The van der Waals surface area contributed by atoms with Crippen molar-refractivity contribution in [1.82, 2.24) is 0 Å². The van der Waals surface area contributed by atoms with Crippen LogP contribution in [0.4, 0.5) is 11.4 Å². The van der Waals surface area contributed by atoms with Crippen LogP contribution in [0.5, 0.6) is 0 Å². The second-order valence-electron chi connectivity index (χ2n) is 13.4. The molecule has 214 valence electrons. The summed E-state index contributed by atoms with van der Waals surface area (Å²) in [5.74, 6) is 1.46. The second-order valence-corrected chi connectivity index (χ2v) is 13.4. The lowest BCUT2D eigenvalue weighted by molar-refractivity contribution is -0.914. The normalized spacial score (nSPS) is 27.6. The molecule has 2 fully saturated rings. The molecule has 0 spiro atoms. The number of fused-ring (bicyclic) bond motifs is 3. The Morgan fingerprint density at radius 3 is 1.43 bits per heavy atom. The van der Waals surface area contributed by atoms with E-state index in [9.17, 15) is 14.4 Å². The maximum atomic E-state index is 13.3. The van der Waals surface area contributed by atoms with Crippen molar-refractivity contribution in [3.05, 3.63) is 47.5 Å². The molecule has 2 aliphatic heterocycles. The summed E-state index contributed by atoms with van der Waals surface area (Å²) in [6.45, 7) is 10.8. The molecule has 0 aromatic heterocycles. The van der Waals surface area contributed by atoms with Crippen LogP contribution in [0.15, 0.2) is 36.4 Å². The fourth-order valence-electron chi connectivity index (χ4n) is 6.51. The summed E-state index contributed by atoms with van der Waals surface area (Å²) >= 11 is 0. The number of nitrogens with one attached hydrogen (secondary N) is 2. The Hall–Kier alpha value is -3.03. The van der Waals surface area contributed by atoms with E-state index < -0.39 is 0 Å². The van der Waals surface area contributed by atoms with Crippen molar-refractivity contribution >= 4 is 29.0 Å². The van der Waals surface area contributed by atoms with Crippen molar-refractivity contribution in [2.45, 2.75) is 52.4 Å². The van der Waals surface area contributed by atoms with Crippen molar-refractivity contribution in [3.8, 4) is 11.1 Å². The number of amides is 2. The Morgan fingerprint density at radius 1 is 0.675 bits per heavy atom. The number of hydrogen-bond donors (Lipinski definition) is 2. The topological polar surface area (TPSA) is 75.3 Å². The van der Waals surface area contributed by atoms with E-state index in [1.54, 1.807) is 12.1 Å². The van der Waals surface area contributed by atoms with E-state index in [4.69, 9.17) is 0 Å². The van der Waals surface area contributed by atoms with Gasteiger partial charge < -0.3 is 19.6 Å². The van der Waals surface area contributed by atoms with E-state index >= 15 is 0 Å². The van der Waals surface area contributed by atoms with Gasteiger partial charge in [-0.1, -0.05) is 26.0 Å². The molecule has 0 unspecified atom stereocenters. The number of nitrogens with zero attached hydrogens (tertiary/aromatic N) is 2. The standard InChI is InChI=1S/C33H44N4O3/c1-23-9-15-36(3,16-10-23)19-13-31(38)34-25-5-7-27-28-8-6-26(22-30(28)33(40)29(27)21-25)35-32(39)14-20-37(4)17-11-24(2)12-18-37/h5-8,21-24H,9-20H2,1-4H3/p+2. The fraction of sp³-hybridized carbons (Fsp3) is 0.545. The second kappa shape index (κ2) is 11.5. The lowest BCUT2D eigenvalue weighted by atomic mass is 9.97. The zero-order chi connectivity index (χ0) is 28.5. The van der Waals surface area contributed by atoms with Crippen LogP contribution >= 0.6 is 0 Å². The first kappa shape index (κ1) is 28.5. The number of piperidine rings is 2. The van der Waals surface area contributed by atoms with E-state index in [1.807, 2.05) is 24.3 Å². The van der Waals surface area contributed by atoms with Crippen LogP contribution in [0, 0.1) is 11.8 Å². The summed E-state index contributed by atoms with van der Waals surface area (Å²) in [5.41, 5.74) is 4.23. The minimum atomic E-state index is -0.0711. The summed E-state index contributed by atoms with van der Waals surface area (Å²) in [5, 5.41) is 6.02. The smallest absolute Gasteiger partial charge is 0.230 e. The molecule has 2 N–H and O–H groups in total. The average Bonchev–Trinajstić information content (AvgIpc) is 3.21. The number of likely N-dealkylation sites (tertiary alicyclic amines) is 2. The lowest BCUT2D eigenvalue weighted by Gasteiger charge is -2.39. The zero-order valence-electron chi connectivity index (χ0n) is 24.7. The van der Waals surface area contributed by atoms with Crippen molar-refractivity contribution in [1.29, 1.82) is 0 Å². The van der Waals surface area contributed by atoms with E-state index in [1.165, 1.54) is 25.7 Å². The maximum Gasteiger partial charge on any atom is 0.230 e. The number of carbonyl (C=O) groups excluding carboxylic acids is 3. The summed E-state index contributed by atoms with van der Waals surface area (Å²) < 4.78 is 1.90. The molecular weight excluding hydrogens is 500 g/mol. The monoisotopic (exact) mass is 546 g/mol. The molecule has 2 saturated heterocycles. The minimum Gasteiger partial charge on any atom is -0.326 e. The maximum absolute atomic E-state index is 13.3. The Morgan fingerprint density at radius 2 is 1.05 bits per heavy atom. The van der Waals surface area contributed by atoms with Gasteiger partial charge in [0.25, 0.3) is 0 Å². The van der Waals surface area contributed by atoms with Crippen LogP contribution in [-0.2, 0) is 9.59 Å². The number of rotatable bonds is 8. The summed E-state index contributed by atoms with van der Waals surface area (Å²) in [4.78, 5) is 38.8. The predicted octanol–water partition coefficient (Wildman–Crippen LogP) is 5.31. The quantitative estimate of drug-likeness (QED) is 0.376. The van der Waals surface area contributed by atoms with Crippen molar-refractivity contribution in [3.63, 3.8) is 0 Å². The predicted molar refractivity (Wildman–Crippen MR) is 160 cm³/mol. The first-order chi connectivity index (χ1) is 19.0. The highest BCUT2D eigenvalue weighted by atomic mass is 16.2. The number of ketones is 1. The van der Waals surface area contributed by atoms with Gasteiger partial charge in [0, 0.05) is 22.5 Å². The largest absolute Gasteiger partial charge is 0.326 e. The van der Waals surface area contributed by atoms with Gasteiger partial charge in [-0.15, -0.1) is 0 Å². The molecule has 0 saturated carbocycles. The Bertz CT molecular complexity index is 1190. The van der Waals surface area contributed by atoms with Crippen LogP contribution < -0.4 is 10.6 Å². The highest BCUT2D eigenvalue weighted by molar-refractivity contribution is 6.22. The summed E-state index contributed by atoms with van der Waals surface area (Å²) in [7, 11) is 4.50. The van der Waals surface area contributed by atoms with Crippen LogP contribution in [0.1, 0.15) is 68.3 Å². The highest BCUT2D eigenvalue weighted by Crippen LogP contribution is 2.39. The molecule has 2 amide bonds. The molecule has 2 heterocycles. The Kier molecular flexibility index (Phi) is 8.16. The van der Waals surface area contributed by atoms with Crippen molar-refractivity contribution in [2.75, 3.05) is 64.0 Å². The van der Waals surface area contributed by atoms with Crippen LogP contribution in [-0.4, -0.2) is 79.9 Å². The van der Waals surface area contributed by atoms with Crippen LogP contribution in [0.25, 0.3) is 11.1 Å². The molecule has 5 rings (SSSR count). The molecule has 7 heteroatoms. The molecule has 40 heavy (non-hydrogen) atoms. The third kappa shape index (κ3) is 6.47. The zero-order valence-corrected chi connectivity index (χ0v) is 24.7. The molecule has 3 aliphatic rings. The number of quaternary nitrogens is 2. The van der Waals surface area contributed by atoms with E-state index in [-0.39, 0.29) is 17.6 Å². The first-order valence-corrected chi connectivity index (χ1v) is 15.1. The van der Waals surface area contributed by atoms with Crippen molar-refractivity contribution in [2.24, 2.45) is 11.8 Å². The average molecular weight is 547 g/mol. The van der Waals surface area contributed by atoms with Gasteiger partial charge in [-0.25, -0.2) is 0 Å². The SMILES string of the molecule is CC1CC[N+](C)(CCC(=O)Nc2ccc3c(c2)C(=O)c2cc(NC(=O)CC[N+]4(C)CCC(C)CC4)ccc2-3)CC1. The van der Waals surface area contributed by atoms with Gasteiger partial charge in [-0.05, 0) is 72.9 Å². The number of anilines is 2. The molecule has 0 bridgehead atoms. The van der Waals surface area contributed by atoms with Gasteiger partial charge in [-0.3, -0.25) is 14.4 Å². The lowest BCUT2D eigenvalue weighted by Crippen LogP contribution is -2.50. The molecule has 2 aromatic rings. The Labute approximate surface area is 239 Å². The molecule has 2 aromatic carbocycles. The minimum absolute atomic E-state index is 0.0129. The third-order valence-corrected chi connectivity index (χ3v) is 9.79. The van der Waals surface area contributed by atoms with E-state index in [0.717, 1.165) is 71.2 Å². The van der Waals surface area contributed by atoms with Gasteiger partial charge >= 0.3 is 0 Å². The van der Waals surface area contributed by atoms with Crippen molar-refractivity contribution < 1.29 is 23.3 Å². The number of benzene rings is 2. The van der Waals surface area contributed by atoms with Gasteiger partial charge in [0.05, 0.1) is 66.2 Å². The number of hydrogen-bond acceptors (Lipinski definition) is 3. The van der Waals surface area contributed by atoms with Gasteiger partial charge in [0.1, 0.15) is 0 Å².